The lowest BCUT2D eigenvalue weighted by Crippen LogP contribution is -2.23. The van der Waals surface area contributed by atoms with Gasteiger partial charge in [-0.2, -0.15) is 0 Å². The first-order valence-corrected chi connectivity index (χ1v) is 13.4. The average Bonchev–Trinajstić information content (AvgIpc) is 3.70. The number of thioether (sulfide) groups is 2. The molecule has 0 bridgehead atoms. The molecule has 0 radical (unpaired) electrons. The van der Waals surface area contributed by atoms with Gasteiger partial charge in [0.1, 0.15) is 0 Å². The number of nitrogens with zero attached hydrogens (tertiary/aromatic N) is 2. The fraction of sp³-hybridized carbons (Fsp3) is 0.385. The largest absolute Gasteiger partial charge is 0.293 e. The Kier molecular flexibility index (Phi) is 5.62. The van der Waals surface area contributed by atoms with E-state index in [0.29, 0.717) is 11.8 Å². The van der Waals surface area contributed by atoms with Crippen molar-refractivity contribution in [2.24, 2.45) is 32.7 Å². The van der Waals surface area contributed by atoms with Crippen LogP contribution in [0.3, 0.4) is 0 Å². The van der Waals surface area contributed by atoms with Crippen LogP contribution in [0.2, 0.25) is 0 Å². The number of aliphatic imine (C=N–C) groups is 2. The topological polar surface area (TPSA) is 58.9 Å². The summed E-state index contributed by atoms with van der Waals surface area (Å²) in [6, 6.07) is 19.2. The third kappa shape index (κ3) is 3.30. The van der Waals surface area contributed by atoms with Gasteiger partial charge in [-0.3, -0.25) is 19.6 Å². The van der Waals surface area contributed by atoms with Gasteiger partial charge in [-0.15, -0.1) is 23.5 Å². The summed E-state index contributed by atoms with van der Waals surface area (Å²) in [5.74, 6) is 1.48. The Labute approximate surface area is 197 Å². The number of benzene rings is 2. The Morgan fingerprint density at radius 1 is 0.719 bits per heavy atom. The van der Waals surface area contributed by atoms with E-state index >= 15 is 0 Å². The fourth-order valence-corrected chi connectivity index (χ4v) is 7.05. The van der Waals surface area contributed by atoms with Gasteiger partial charge >= 0.3 is 0 Å². The Hall–Kier alpha value is -2.18. The van der Waals surface area contributed by atoms with Crippen LogP contribution in [-0.4, -0.2) is 47.3 Å². The number of hydrogen-bond acceptors (Lipinski definition) is 6. The zero-order valence-electron chi connectivity index (χ0n) is 18.3. The molecule has 0 amide bonds. The molecule has 0 N–H and O–H groups in total. The number of hydrogen-bond donors (Lipinski definition) is 0. The molecule has 2 aliphatic carbocycles. The smallest absolute Gasteiger partial charge is 0.175 e. The van der Waals surface area contributed by atoms with Crippen molar-refractivity contribution in [3.05, 3.63) is 71.8 Å². The minimum absolute atomic E-state index is 0.235. The number of carbonyl (C=O) groups excluding carboxylic acids is 2. The highest BCUT2D eigenvalue weighted by Gasteiger charge is 2.66. The van der Waals surface area contributed by atoms with Crippen LogP contribution in [0.1, 0.15) is 33.6 Å². The Bertz CT molecular complexity index is 1030. The third-order valence-corrected chi connectivity index (χ3v) is 8.91. The molecule has 2 fully saturated rings. The lowest BCUT2D eigenvalue weighted by molar-refractivity contribution is 0.0930. The molecule has 2 heterocycles. The molecule has 2 aliphatic heterocycles. The molecule has 4 nitrogen and oxygen atoms in total. The van der Waals surface area contributed by atoms with E-state index in [4.69, 9.17) is 0 Å². The van der Waals surface area contributed by atoms with Gasteiger partial charge in [0.15, 0.2) is 11.6 Å². The highest BCUT2D eigenvalue weighted by Crippen LogP contribution is 2.61. The van der Waals surface area contributed by atoms with Gasteiger partial charge in [-0.05, 0) is 37.2 Å². The number of Topliss-reactive ketones (excluding diaryl/α,β-unsaturated/α-hetero) is 2. The van der Waals surface area contributed by atoms with Crippen LogP contribution in [0.25, 0.3) is 0 Å². The van der Waals surface area contributed by atoms with Crippen molar-refractivity contribution in [2.75, 3.05) is 25.6 Å². The lowest BCUT2D eigenvalue weighted by Gasteiger charge is -2.12. The van der Waals surface area contributed by atoms with E-state index in [9.17, 15) is 9.59 Å². The summed E-state index contributed by atoms with van der Waals surface area (Å²) in [5.41, 5.74) is 1.18. The number of ketones is 2. The second kappa shape index (κ2) is 8.31. The zero-order chi connectivity index (χ0) is 22.3. The Morgan fingerprint density at radius 3 is 1.41 bits per heavy atom. The summed E-state index contributed by atoms with van der Waals surface area (Å²) < 4.78 is 0. The van der Waals surface area contributed by atoms with E-state index in [1.165, 1.54) is 0 Å². The minimum Gasteiger partial charge on any atom is -0.293 e. The van der Waals surface area contributed by atoms with E-state index in [2.05, 4.69) is 9.98 Å². The number of fused-ring (bicyclic) bond motifs is 2. The van der Waals surface area contributed by atoms with Gasteiger partial charge in [0.25, 0.3) is 0 Å². The molecule has 2 saturated carbocycles. The molecule has 0 saturated heterocycles. The van der Waals surface area contributed by atoms with Crippen LogP contribution in [-0.2, 0) is 0 Å². The molecule has 2 aromatic carbocycles. The van der Waals surface area contributed by atoms with Crippen LogP contribution in [0, 0.1) is 22.7 Å². The zero-order valence-corrected chi connectivity index (χ0v) is 19.9. The monoisotopic (exact) mass is 462 g/mol. The van der Waals surface area contributed by atoms with Gasteiger partial charge < -0.3 is 0 Å². The highest BCUT2D eigenvalue weighted by molar-refractivity contribution is 8.13. The normalized spacial score (nSPS) is 30.8. The molecule has 32 heavy (non-hydrogen) atoms. The number of carbonyl (C=O) groups is 2. The summed E-state index contributed by atoms with van der Waals surface area (Å²) in [4.78, 5) is 33.9. The van der Waals surface area contributed by atoms with Crippen molar-refractivity contribution in [2.45, 2.75) is 12.8 Å². The van der Waals surface area contributed by atoms with Crippen molar-refractivity contribution in [3.63, 3.8) is 0 Å². The average molecular weight is 463 g/mol. The SMILES string of the molecule is CSC1=NC[C@H]2C[C@@]12C(=O)c1ccccc1.CSC1=NC[C@H]2C[C@@]12C(=O)c1ccccc1. The molecular weight excluding hydrogens is 436 g/mol. The van der Waals surface area contributed by atoms with Crippen molar-refractivity contribution >= 4 is 45.2 Å². The molecule has 4 atom stereocenters. The van der Waals surface area contributed by atoms with Crippen LogP contribution in [0.5, 0.6) is 0 Å². The van der Waals surface area contributed by atoms with Gasteiger partial charge in [0.2, 0.25) is 0 Å². The summed E-state index contributed by atoms with van der Waals surface area (Å²) >= 11 is 3.27. The van der Waals surface area contributed by atoms with Crippen molar-refractivity contribution in [1.29, 1.82) is 0 Å². The molecule has 6 heteroatoms. The molecule has 6 rings (SSSR count). The van der Waals surface area contributed by atoms with Gasteiger partial charge in [-0.1, -0.05) is 60.7 Å². The first-order chi connectivity index (χ1) is 15.6. The van der Waals surface area contributed by atoms with Crippen LogP contribution < -0.4 is 0 Å². The summed E-state index contributed by atoms with van der Waals surface area (Å²) in [6.07, 6.45) is 6.03. The molecule has 0 spiro atoms. The highest BCUT2D eigenvalue weighted by atomic mass is 32.2. The number of rotatable bonds is 4. The van der Waals surface area contributed by atoms with Crippen molar-refractivity contribution in [1.82, 2.24) is 0 Å². The predicted octanol–water partition coefficient (Wildman–Crippen LogP) is 5.30. The summed E-state index contributed by atoms with van der Waals surface area (Å²) in [7, 11) is 0. The van der Waals surface area contributed by atoms with Gasteiger partial charge in [0.05, 0.1) is 20.9 Å². The van der Waals surface area contributed by atoms with Crippen molar-refractivity contribution in [3.8, 4) is 0 Å². The molecule has 4 aliphatic rings. The van der Waals surface area contributed by atoms with Gasteiger partial charge in [-0.25, -0.2) is 0 Å². The molecule has 0 aromatic heterocycles. The van der Waals surface area contributed by atoms with E-state index < -0.39 is 0 Å². The Morgan fingerprint density at radius 2 is 1.09 bits per heavy atom. The second-order valence-corrected chi connectivity index (χ2v) is 10.4. The maximum Gasteiger partial charge on any atom is 0.175 e. The van der Waals surface area contributed by atoms with Crippen LogP contribution in [0.4, 0.5) is 0 Å². The fourth-order valence-electron chi connectivity index (χ4n) is 5.23. The van der Waals surface area contributed by atoms with E-state index in [-0.39, 0.29) is 22.4 Å². The molecule has 0 unspecified atom stereocenters. The summed E-state index contributed by atoms with van der Waals surface area (Å²) in [5, 5.41) is 2.10. The van der Waals surface area contributed by atoms with E-state index in [0.717, 1.165) is 47.1 Å². The van der Waals surface area contributed by atoms with E-state index in [1.54, 1.807) is 23.5 Å². The van der Waals surface area contributed by atoms with Crippen molar-refractivity contribution < 1.29 is 9.59 Å². The lowest BCUT2D eigenvalue weighted by atomic mass is 9.94. The first kappa shape index (κ1) is 21.7. The van der Waals surface area contributed by atoms with Crippen LogP contribution in [0.15, 0.2) is 70.6 Å². The second-order valence-electron chi connectivity index (χ2n) is 8.84. The van der Waals surface area contributed by atoms with E-state index in [1.807, 2.05) is 73.2 Å². The van der Waals surface area contributed by atoms with Crippen LogP contribution >= 0.6 is 23.5 Å². The maximum atomic E-state index is 12.5. The van der Waals surface area contributed by atoms with Gasteiger partial charge in [0, 0.05) is 24.2 Å². The first-order valence-electron chi connectivity index (χ1n) is 11.0. The predicted molar refractivity (Wildman–Crippen MR) is 134 cm³/mol. The quantitative estimate of drug-likeness (QED) is 0.579. The molecular formula is C26H26N2O2S2. The standard InChI is InChI=1S/2C13H13NOS/c2*1-16-12-13(7-10(13)8-14-12)11(15)9-5-3-2-4-6-9/h2*2-6,10H,7-8H2,1H3/t2*10-,13-/m11/s1. The molecule has 164 valence electrons. The molecule has 2 aromatic rings. The summed E-state index contributed by atoms with van der Waals surface area (Å²) in [6.45, 7) is 1.68. The Balaban J connectivity index is 0.000000135. The minimum atomic E-state index is -0.235. The third-order valence-electron chi connectivity index (χ3n) is 7.15. The maximum absolute atomic E-state index is 12.5.